The number of aromatic nitrogens is 3. The van der Waals surface area contributed by atoms with Crippen LogP contribution in [0.25, 0.3) is 11.0 Å². The third kappa shape index (κ3) is 2.31. The van der Waals surface area contributed by atoms with Gasteiger partial charge in [-0.1, -0.05) is 0 Å². The van der Waals surface area contributed by atoms with Crippen molar-refractivity contribution in [3.63, 3.8) is 0 Å². The summed E-state index contributed by atoms with van der Waals surface area (Å²) >= 11 is 0. The molecule has 0 saturated carbocycles. The standard InChI is InChI=1S/C15H20N6O/c22-13-8-16-5-7-21(13)11-2-1-6-20(9-11)15-12-3-4-17-14(12)18-10-19-15/h3-4,10-11,16H,1-2,5-9H2,(H,17,18,19). The number of anilines is 1. The van der Waals surface area contributed by atoms with Gasteiger partial charge in [0.15, 0.2) is 0 Å². The third-order valence-electron chi connectivity index (χ3n) is 4.60. The number of hydrogen-bond donors (Lipinski definition) is 2. The molecule has 2 aliphatic heterocycles. The second-order valence-corrected chi connectivity index (χ2v) is 5.94. The number of amides is 1. The average molecular weight is 300 g/mol. The number of rotatable bonds is 2. The second-order valence-electron chi connectivity index (χ2n) is 5.94. The van der Waals surface area contributed by atoms with Crippen molar-refractivity contribution in [3.05, 3.63) is 18.6 Å². The van der Waals surface area contributed by atoms with Gasteiger partial charge in [0.2, 0.25) is 5.91 Å². The summed E-state index contributed by atoms with van der Waals surface area (Å²) in [5, 5.41) is 4.19. The molecule has 2 aromatic heterocycles. The van der Waals surface area contributed by atoms with E-state index in [0.29, 0.717) is 6.54 Å². The van der Waals surface area contributed by atoms with Crippen molar-refractivity contribution in [2.45, 2.75) is 18.9 Å². The lowest BCUT2D eigenvalue weighted by atomic mass is 10.0. The van der Waals surface area contributed by atoms with Crippen molar-refractivity contribution in [1.82, 2.24) is 25.2 Å². The lowest BCUT2D eigenvalue weighted by Crippen LogP contribution is -2.57. The van der Waals surface area contributed by atoms with Crippen molar-refractivity contribution in [2.75, 3.05) is 37.6 Å². The van der Waals surface area contributed by atoms with E-state index >= 15 is 0 Å². The van der Waals surface area contributed by atoms with Gasteiger partial charge < -0.3 is 20.1 Å². The van der Waals surface area contributed by atoms with Gasteiger partial charge in [0.05, 0.1) is 11.9 Å². The highest BCUT2D eigenvalue weighted by Gasteiger charge is 2.30. The van der Waals surface area contributed by atoms with Crippen LogP contribution >= 0.6 is 0 Å². The number of H-pyrrole nitrogens is 1. The Kier molecular flexibility index (Phi) is 3.42. The van der Waals surface area contributed by atoms with Gasteiger partial charge in [0, 0.05) is 38.4 Å². The Balaban J connectivity index is 1.58. The van der Waals surface area contributed by atoms with E-state index in [9.17, 15) is 4.79 Å². The Morgan fingerprint density at radius 1 is 1.27 bits per heavy atom. The summed E-state index contributed by atoms with van der Waals surface area (Å²) in [5.41, 5.74) is 0.866. The van der Waals surface area contributed by atoms with Crippen molar-refractivity contribution < 1.29 is 4.79 Å². The molecule has 1 amide bonds. The molecule has 1 unspecified atom stereocenters. The van der Waals surface area contributed by atoms with Gasteiger partial charge >= 0.3 is 0 Å². The number of carbonyl (C=O) groups excluding carboxylic acids is 1. The van der Waals surface area contributed by atoms with Crippen LogP contribution in [-0.4, -0.2) is 64.5 Å². The summed E-state index contributed by atoms with van der Waals surface area (Å²) in [7, 11) is 0. The molecule has 2 aromatic rings. The quantitative estimate of drug-likeness (QED) is 0.837. The molecule has 1 atom stereocenters. The monoisotopic (exact) mass is 300 g/mol. The fraction of sp³-hybridized carbons (Fsp3) is 0.533. The Morgan fingerprint density at radius 3 is 3.14 bits per heavy atom. The summed E-state index contributed by atoms with van der Waals surface area (Å²) in [5.74, 6) is 1.19. The number of nitrogens with zero attached hydrogens (tertiary/aromatic N) is 4. The Hall–Kier alpha value is -2.15. The average Bonchev–Trinajstić information content (AvgIpc) is 3.04. The van der Waals surface area contributed by atoms with Crippen molar-refractivity contribution in [3.8, 4) is 0 Å². The smallest absolute Gasteiger partial charge is 0.236 e. The lowest BCUT2D eigenvalue weighted by molar-refractivity contribution is -0.134. The van der Waals surface area contributed by atoms with E-state index in [2.05, 4.69) is 25.2 Å². The maximum absolute atomic E-state index is 12.1. The maximum Gasteiger partial charge on any atom is 0.236 e. The molecule has 0 aromatic carbocycles. The molecule has 4 rings (SSSR count). The van der Waals surface area contributed by atoms with Gasteiger partial charge in [0.1, 0.15) is 17.8 Å². The van der Waals surface area contributed by atoms with Crippen LogP contribution in [0.2, 0.25) is 0 Å². The number of carbonyl (C=O) groups is 1. The van der Waals surface area contributed by atoms with Crippen molar-refractivity contribution in [1.29, 1.82) is 0 Å². The second kappa shape index (κ2) is 5.57. The predicted octanol–water partition coefficient (Wildman–Crippen LogP) is 0.359. The number of hydrogen-bond acceptors (Lipinski definition) is 5. The molecule has 2 aliphatic rings. The number of piperazine rings is 1. The zero-order chi connectivity index (χ0) is 14.9. The zero-order valence-corrected chi connectivity index (χ0v) is 12.5. The molecule has 7 nitrogen and oxygen atoms in total. The van der Waals surface area contributed by atoms with Gasteiger partial charge in [-0.25, -0.2) is 9.97 Å². The fourth-order valence-electron chi connectivity index (χ4n) is 3.52. The van der Waals surface area contributed by atoms with Crippen LogP contribution in [0.4, 0.5) is 5.82 Å². The Labute approximate surface area is 128 Å². The molecule has 0 aliphatic carbocycles. The lowest BCUT2D eigenvalue weighted by Gasteiger charge is -2.41. The van der Waals surface area contributed by atoms with Gasteiger partial charge in [-0.15, -0.1) is 0 Å². The minimum atomic E-state index is 0.215. The Bertz CT molecular complexity index is 683. The highest BCUT2D eigenvalue weighted by molar-refractivity contribution is 5.87. The van der Waals surface area contributed by atoms with E-state index in [4.69, 9.17) is 0 Å². The molecular weight excluding hydrogens is 280 g/mol. The van der Waals surface area contributed by atoms with Crippen LogP contribution in [-0.2, 0) is 4.79 Å². The summed E-state index contributed by atoms with van der Waals surface area (Å²) in [6.07, 6.45) is 5.65. The first-order valence-electron chi connectivity index (χ1n) is 7.86. The van der Waals surface area contributed by atoms with Crippen LogP contribution in [0.3, 0.4) is 0 Å². The van der Waals surface area contributed by atoms with E-state index in [1.54, 1.807) is 6.33 Å². The number of nitrogens with one attached hydrogen (secondary N) is 2. The number of fused-ring (bicyclic) bond motifs is 1. The van der Waals surface area contributed by atoms with E-state index in [1.165, 1.54) is 0 Å². The number of piperidine rings is 1. The summed E-state index contributed by atoms with van der Waals surface area (Å²) in [4.78, 5) is 28.3. The molecule has 2 saturated heterocycles. The van der Waals surface area contributed by atoms with Crippen LogP contribution < -0.4 is 10.2 Å². The van der Waals surface area contributed by atoms with E-state index in [0.717, 1.165) is 55.9 Å². The largest absolute Gasteiger partial charge is 0.354 e. The molecule has 4 heterocycles. The number of aromatic amines is 1. The molecule has 7 heteroatoms. The summed E-state index contributed by atoms with van der Waals surface area (Å²) in [6, 6.07) is 2.30. The highest BCUT2D eigenvalue weighted by Crippen LogP contribution is 2.26. The van der Waals surface area contributed by atoms with Crippen LogP contribution in [0.15, 0.2) is 18.6 Å². The fourth-order valence-corrected chi connectivity index (χ4v) is 3.52. The molecule has 2 fully saturated rings. The maximum atomic E-state index is 12.1. The summed E-state index contributed by atoms with van der Waals surface area (Å²) < 4.78 is 0. The van der Waals surface area contributed by atoms with Gasteiger partial charge in [-0.05, 0) is 18.9 Å². The topological polar surface area (TPSA) is 77.2 Å². The predicted molar refractivity (Wildman–Crippen MR) is 83.7 cm³/mol. The van der Waals surface area contributed by atoms with Crippen LogP contribution in [0, 0.1) is 0 Å². The minimum absolute atomic E-state index is 0.215. The molecule has 116 valence electrons. The Morgan fingerprint density at radius 2 is 2.23 bits per heavy atom. The summed E-state index contributed by atoms with van der Waals surface area (Å²) in [6.45, 7) is 3.99. The van der Waals surface area contributed by atoms with Crippen molar-refractivity contribution in [2.24, 2.45) is 0 Å². The first kappa shape index (κ1) is 13.5. The molecule has 2 N–H and O–H groups in total. The minimum Gasteiger partial charge on any atom is -0.354 e. The van der Waals surface area contributed by atoms with E-state index in [1.807, 2.05) is 17.2 Å². The van der Waals surface area contributed by atoms with Gasteiger partial charge in [-0.3, -0.25) is 4.79 Å². The van der Waals surface area contributed by atoms with Gasteiger partial charge in [0.25, 0.3) is 0 Å². The van der Waals surface area contributed by atoms with E-state index in [-0.39, 0.29) is 11.9 Å². The SMILES string of the molecule is O=C1CNCCN1C1CCCN(c2ncnc3[nH]ccc23)C1. The van der Waals surface area contributed by atoms with E-state index < -0.39 is 0 Å². The molecule has 0 radical (unpaired) electrons. The normalized spacial score (nSPS) is 23.3. The molecule has 0 bridgehead atoms. The first-order valence-corrected chi connectivity index (χ1v) is 7.86. The molecule has 0 spiro atoms. The van der Waals surface area contributed by atoms with Gasteiger partial charge in [-0.2, -0.15) is 0 Å². The molecule has 22 heavy (non-hydrogen) atoms. The highest BCUT2D eigenvalue weighted by atomic mass is 16.2. The third-order valence-corrected chi connectivity index (χ3v) is 4.60. The van der Waals surface area contributed by atoms with Crippen LogP contribution in [0.1, 0.15) is 12.8 Å². The van der Waals surface area contributed by atoms with Crippen molar-refractivity contribution >= 4 is 22.8 Å². The van der Waals surface area contributed by atoms with Crippen LogP contribution in [0.5, 0.6) is 0 Å². The first-order chi connectivity index (χ1) is 10.8. The zero-order valence-electron chi connectivity index (χ0n) is 12.5. The molecular formula is C15H20N6O.